The number of rotatable bonds is 6. The zero-order chi connectivity index (χ0) is 9.52. The molecule has 2 nitrogen and oxygen atoms in total. The van der Waals surface area contributed by atoms with Gasteiger partial charge in [-0.1, -0.05) is 6.92 Å². The Balaban J connectivity index is 2.40. The normalized spacial score (nSPS) is 10.6. The Morgan fingerprint density at radius 2 is 2.31 bits per heavy atom. The van der Waals surface area contributed by atoms with Crippen molar-refractivity contribution in [3.63, 3.8) is 0 Å². The molecule has 0 saturated carbocycles. The zero-order valence-electron chi connectivity index (χ0n) is 8.17. The molecular weight excluding hydrogens is 184 g/mol. The smallest absolute Gasteiger partial charge is 0.108 e. The molecule has 0 aliphatic heterocycles. The predicted octanol–water partition coefficient (Wildman–Crippen LogP) is 2.85. The summed E-state index contributed by atoms with van der Waals surface area (Å²) in [6, 6.07) is 0. The van der Waals surface area contributed by atoms with Crippen LogP contribution in [0.3, 0.4) is 0 Å². The van der Waals surface area contributed by atoms with Crippen molar-refractivity contribution in [2.45, 2.75) is 39.2 Å². The van der Waals surface area contributed by atoms with Crippen LogP contribution in [-0.2, 0) is 13.0 Å². The van der Waals surface area contributed by atoms with Gasteiger partial charge < -0.3 is 4.57 Å². The topological polar surface area (TPSA) is 17.8 Å². The molecule has 1 heterocycles. The minimum atomic E-state index is 0.762. The van der Waals surface area contributed by atoms with Gasteiger partial charge in [0.2, 0.25) is 0 Å². The maximum absolute atomic E-state index is 5.62. The Labute approximate surface area is 84.9 Å². The van der Waals surface area contributed by atoms with Gasteiger partial charge in [0.1, 0.15) is 5.82 Å². The summed E-state index contributed by atoms with van der Waals surface area (Å²) in [5.74, 6) is 1.97. The first kappa shape index (κ1) is 10.6. The maximum Gasteiger partial charge on any atom is 0.108 e. The van der Waals surface area contributed by atoms with Crippen LogP contribution in [0.4, 0.5) is 0 Å². The number of hydrogen-bond acceptors (Lipinski definition) is 1. The Hall–Kier alpha value is -0.500. The van der Waals surface area contributed by atoms with Gasteiger partial charge in [-0.25, -0.2) is 4.98 Å². The fourth-order valence-corrected chi connectivity index (χ4v) is 1.56. The first-order valence-corrected chi connectivity index (χ1v) is 5.48. The lowest BCUT2D eigenvalue weighted by atomic mass is 10.3. The summed E-state index contributed by atoms with van der Waals surface area (Å²) in [6.45, 7) is 3.24. The Kier molecular flexibility index (Phi) is 4.91. The summed E-state index contributed by atoms with van der Waals surface area (Å²) in [5, 5.41) is 0. The van der Waals surface area contributed by atoms with Crippen LogP contribution in [0.25, 0.3) is 0 Å². The molecule has 0 spiro atoms. The summed E-state index contributed by atoms with van der Waals surface area (Å²) >= 11 is 5.62. The van der Waals surface area contributed by atoms with Gasteiger partial charge >= 0.3 is 0 Å². The van der Waals surface area contributed by atoms with Crippen molar-refractivity contribution in [1.29, 1.82) is 0 Å². The lowest BCUT2D eigenvalue weighted by Gasteiger charge is -2.05. The van der Waals surface area contributed by atoms with E-state index in [4.69, 9.17) is 11.6 Å². The van der Waals surface area contributed by atoms with Crippen LogP contribution in [0, 0.1) is 0 Å². The molecule has 0 radical (unpaired) electrons. The van der Waals surface area contributed by atoms with E-state index in [1.54, 1.807) is 0 Å². The summed E-state index contributed by atoms with van der Waals surface area (Å²) in [6.07, 6.45) is 8.41. The first-order chi connectivity index (χ1) is 6.38. The Morgan fingerprint density at radius 3 is 3.00 bits per heavy atom. The number of imidazole rings is 1. The van der Waals surface area contributed by atoms with Gasteiger partial charge in [0, 0.05) is 31.2 Å². The minimum absolute atomic E-state index is 0.762. The highest BCUT2D eigenvalue weighted by Crippen LogP contribution is 2.04. The van der Waals surface area contributed by atoms with Crippen LogP contribution in [0.1, 0.15) is 32.0 Å². The predicted molar refractivity (Wildman–Crippen MR) is 56.2 cm³/mol. The Bertz CT molecular complexity index is 233. The third-order valence-electron chi connectivity index (χ3n) is 2.06. The summed E-state index contributed by atoms with van der Waals surface area (Å²) < 4.78 is 2.23. The van der Waals surface area contributed by atoms with Gasteiger partial charge in [0.15, 0.2) is 0 Å². The molecule has 1 aromatic rings. The van der Waals surface area contributed by atoms with Gasteiger partial charge in [-0.15, -0.1) is 11.6 Å². The van der Waals surface area contributed by atoms with Crippen LogP contribution in [0.5, 0.6) is 0 Å². The Morgan fingerprint density at radius 1 is 1.46 bits per heavy atom. The van der Waals surface area contributed by atoms with E-state index in [1.807, 2.05) is 6.20 Å². The minimum Gasteiger partial charge on any atom is -0.335 e. The standard InChI is InChI=1S/C10H17ClN2/c1-2-5-10-12-7-9-13(10)8-4-3-6-11/h7,9H,2-6,8H2,1H3. The summed E-state index contributed by atoms with van der Waals surface area (Å²) in [4.78, 5) is 4.31. The SMILES string of the molecule is CCCc1nccn1CCCCCl. The van der Waals surface area contributed by atoms with E-state index in [2.05, 4.69) is 22.7 Å². The van der Waals surface area contributed by atoms with Crippen molar-refractivity contribution in [3.8, 4) is 0 Å². The summed E-state index contributed by atoms with van der Waals surface area (Å²) in [7, 11) is 0. The molecule has 3 heteroatoms. The van der Waals surface area contributed by atoms with Gasteiger partial charge in [-0.2, -0.15) is 0 Å². The fourth-order valence-electron chi connectivity index (χ4n) is 1.37. The van der Waals surface area contributed by atoms with Crippen LogP contribution in [0.15, 0.2) is 12.4 Å². The first-order valence-electron chi connectivity index (χ1n) is 4.94. The summed E-state index contributed by atoms with van der Waals surface area (Å²) in [5.41, 5.74) is 0. The number of alkyl halides is 1. The monoisotopic (exact) mass is 200 g/mol. The average molecular weight is 201 g/mol. The molecule has 0 atom stereocenters. The van der Waals surface area contributed by atoms with Crippen molar-refractivity contribution in [3.05, 3.63) is 18.2 Å². The number of nitrogens with zero attached hydrogens (tertiary/aromatic N) is 2. The molecular formula is C10H17ClN2. The highest BCUT2D eigenvalue weighted by Gasteiger charge is 1.99. The second kappa shape index (κ2) is 6.03. The van der Waals surface area contributed by atoms with E-state index in [0.717, 1.165) is 38.1 Å². The van der Waals surface area contributed by atoms with E-state index >= 15 is 0 Å². The second-order valence-electron chi connectivity index (χ2n) is 3.18. The second-order valence-corrected chi connectivity index (χ2v) is 3.56. The van der Waals surface area contributed by atoms with Crippen molar-refractivity contribution in [1.82, 2.24) is 9.55 Å². The van der Waals surface area contributed by atoms with Crippen molar-refractivity contribution in [2.75, 3.05) is 5.88 Å². The van der Waals surface area contributed by atoms with E-state index in [9.17, 15) is 0 Å². The van der Waals surface area contributed by atoms with Crippen LogP contribution in [0.2, 0.25) is 0 Å². The largest absolute Gasteiger partial charge is 0.335 e. The molecule has 1 rings (SSSR count). The van der Waals surface area contributed by atoms with Gasteiger partial charge in [-0.3, -0.25) is 0 Å². The number of hydrogen-bond donors (Lipinski definition) is 0. The number of aryl methyl sites for hydroxylation is 2. The molecule has 0 amide bonds. The molecule has 0 aliphatic carbocycles. The van der Waals surface area contributed by atoms with Gasteiger partial charge in [0.25, 0.3) is 0 Å². The quantitative estimate of drug-likeness (QED) is 0.510. The van der Waals surface area contributed by atoms with Crippen molar-refractivity contribution in [2.24, 2.45) is 0 Å². The van der Waals surface area contributed by atoms with Gasteiger partial charge in [-0.05, 0) is 19.3 Å². The number of unbranched alkanes of at least 4 members (excludes halogenated alkanes) is 1. The van der Waals surface area contributed by atoms with Gasteiger partial charge in [0.05, 0.1) is 0 Å². The molecule has 0 fully saturated rings. The van der Waals surface area contributed by atoms with E-state index in [0.29, 0.717) is 0 Å². The fraction of sp³-hybridized carbons (Fsp3) is 0.700. The molecule has 74 valence electrons. The highest BCUT2D eigenvalue weighted by atomic mass is 35.5. The van der Waals surface area contributed by atoms with Crippen LogP contribution in [-0.4, -0.2) is 15.4 Å². The van der Waals surface area contributed by atoms with Crippen LogP contribution >= 0.6 is 11.6 Å². The molecule has 0 saturated heterocycles. The molecule has 0 N–H and O–H groups in total. The zero-order valence-corrected chi connectivity index (χ0v) is 8.93. The van der Waals surface area contributed by atoms with Crippen LogP contribution < -0.4 is 0 Å². The molecule has 0 aromatic carbocycles. The molecule has 0 unspecified atom stereocenters. The lowest BCUT2D eigenvalue weighted by Crippen LogP contribution is -2.03. The van der Waals surface area contributed by atoms with E-state index in [-0.39, 0.29) is 0 Å². The molecule has 0 bridgehead atoms. The average Bonchev–Trinajstić information content (AvgIpc) is 2.54. The number of aromatic nitrogens is 2. The third-order valence-corrected chi connectivity index (χ3v) is 2.33. The van der Waals surface area contributed by atoms with E-state index in [1.165, 1.54) is 5.82 Å². The highest BCUT2D eigenvalue weighted by molar-refractivity contribution is 6.17. The van der Waals surface area contributed by atoms with Crippen molar-refractivity contribution >= 4 is 11.6 Å². The lowest BCUT2D eigenvalue weighted by molar-refractivity contribution is 0.599. The maximum atomic E-state index is 5.62. The van der Waals surface area contributed by atoms with Crippen molar-refractivity contribution < 1.29 is 0 Å². The molecule has 1 aromatic heterocycles. The third kappa shape index (κ3) is 3.39. The number of halogens is 1. The van der Waals surface area contributed by atoms with E-state index < -0.39 is 0 Å². The molecule has 0 aliphatic rings. The molecule has 13 heavy (non-hydrogen) atoms.